The number of aryl methyl sites for hydroxylation is 1. The third-order valence-electron chi connectivity index (χ3n) is 3.31. The molecule has 0 fully saturated rings. The second-order valence-electron chi connectivity index (χ2n) is 5.05. The van der Waals surface area contributed by atoms with E-state index in [9.17, 15) is 4.79 Å². The molecule has 0 atom stereocenters. The Bertz CT molecular complexity index is 817. The van der Waals surface area contributed by atoms with E-state index in [1.807, 2.05) is 43.4 Å². The molecule has 2 heterocycles. The molecule has 0 aliphatic carbocycles. The van der Waals surface area contributed by atoms with E-state index in [0.29, 0.717) is 23.9 Å². The number of hydrogen-bond acceptors (Lipinski definition) is 4. The van der Waals surface area contributed by atoms with Gasteiger partial charge in [0, 0.05) is 31.2 Å². The Kier molecular flexibility index (Phi) is 4.71. The number of carbonyl (C=O) groups is 1. The fourth-order valence-electron chi connectivity index (χ4n) is 2.07. The minimum absolute atomic E-state index is 0.312. The van der Waals surface area contributed by atoms with Gasteiger partial charge in [-0.25, -0.2) is 9.78 Å². The number of benzene rings is 1. The summed E-state index contributed by atoms with van der Waals surface area (Å²) < 4.78 is 7.35. The number of hydrogen-bond donors (Lipinski definition) is 2. The molecule has 122 valence electrons. The summed E-state index contributed by atoms with van der Waals surface area (Å²) in [6.07, 6.45) is 3.26. The van der Waals surface area contributed by atoms with E-state index in [0.717, 1.165) is 5.69 Å². The molecule has 3 rings (SSSR count). The Balaban J connectivity index is 1.58. The van der Waals surface area contributed by atoms with Gasteiger partial charge in [0.1, 0.15) is 5.75 Å². The maximum atomic E-state index is 12.0. The second kappa shape index (κ2) is 7.28. The molecule has 0 aliphatic rings. The lowest BCUT2D eigenvalue weighted by molar-refractivity contribution is 0.251. The first-order valence-electron chi connectivity index (χ1n) is 7.41. The summed E-state index contributed by atoms with van der Waals surface area (Å²) in [6, 6.07) is 14.2. The molecule has 0 saturated carbocycles. The minimum Gasteiger partial charge on any atom is -0.439 e. The number of rotatable bonds is 5. The number of para-hydroxylation sites is 1. The summed E-state index contributed by atoms with van der Waals surface area (Å²) in [7, 11) is 1.82. The van der Waals surface area contributed by atoms with Gasteiger partial charge in [-0.2, -0.15) is 5.10 Å². The zero-order valence-electron chi connectivity index (χ0n) is 13.1. The van der Waals surface area contributed by atoms with Crippen molar-refractivity contribution >= 4 is 11.7 Å². The second-order valence-corrected chi connectivity index (χ2v) is 5.05. The predicted molar refractivity (Wildman–Crippen MR) is 89.8 cm³/mol. The van der Waals surface area contributed by atoms with Gasteiger partial charge in [0.25, 0.3) is 0 Å². The third-order valence-corrected chi connectivity index (χ3v) is 3.31. The highest BCUT2D eigenvalue weighted by Crippen LogP contribution is 2.21. The summed E-state index contributed by atoms with van der Waals surface area (Å²) in [4.78, 5) is 16.1. The number of nitrogens with zero attached hydrogens (tertiary/aromatic N) is 3. The summed E-state index contributed by atoms with van der Waals surface area (Å²) in [5, 5.41) is 9.57. The number of pyridine rings is 1. The maximum absolute atomic E-state index is 12.0. The van der Waals surface area contributed by atoms with Crippen LogP contribution in [-0.4, -0.2) is 20.8 Å². The normalized spacial score (nSPS) is 10.2. The smallest absolute Gasteiger partial charge is 0.319 e. The zero-order valence-corrected chi connectivity index (χ0v) is 13.1. The number of urea groups is 1. The topological polar surface area (TPSA) is 81.1 Å². The van der Waals surface area contributed by atoms with Crippen LogP contribution in [0.5, 0.6) is 11.6 Å². The molecule has 0 unspecified atom stereocenters. The van der Waals surface area contributed by atoms with Gasteiger partial charge in [0.15, 0.2) is 0 Å². The van der Waals surface area contributed by atoms with Crippen molar-refractivity contribution in [1.82, 2.24) is 20.1 Å². The fraction of sp³-hybridized carbons (Fsp3) is 0.118. The first kappa shape index (κ1) is 15.5. The molecule has 0 aliphatic heterocycles. The van der Waals surface area contributed by atoms with Gasteiger partial charge in [-0.1, -0.05) is 18.2 Å². The Morgan fingerprint density at radius 2 is 2.00 bits per heavy atom. The van der Waals surface area contributed by atoms with Crippen molar-refractivity contribution in [3.8, 4) is 11.6 Å². The van der Waals surface area contributed by atoms with Gasteiger partial charge in [0.05, 0.1) is 12.2 Å². The molecule has 0 spiro atoms. The molecule has 1 aromatic carbocycles. The lowest BCUT2D eigenvalue weighted by Gasteiger charge is -2.09. The third kappa shape index (κ3) is 4.10. The van der Waals surface area contributed by atoms with E-state index in [1.165, 1.54) is 0 Å². The van der Waals surface area contributed by atoms with E-state index >= 15 is 0 Å². The van der Waals surface area contributed by atoms with E-state index in [4.69, 9.17) is 4.74 Å². The fourth-order valence-corrected chi connectivity index (χ4v) is 2.07. The number of carbonyl (C=O) groups excluding carboxylic acids is 1. The van der Waals surface area contributed by atoms with Crippen molar-refractivity contribution < 1.29 is 9.53 Å². The van der Waals surface area contributed by atoms with E-state index in [-0.39, 0.29) is 6.03 Å². The van der Waals surface area contributed by atoms with Crippen molar-refractivity contribution in [1.29, 1.82) is 0 Å². The molecule has 2 N–H and O–H groups in total. The molecule has 0 saturated heterocycles. The van der Waals surface area contributed by atoms with Gasteiger partial charge >= 0.3 is 6.03 Å². The molecular weight excluding hydrogens is 306 g/mol. The average molecular weight is 323 g/mol. The van der Waals surface area contributed by atoms with E-state index < -0.39 is 0 Å². The highest BCUT2D eigenvalue weighted by atomic mass is 16.5. The molecule has 2 amide bonds. The molecule has 3 aromatic rings. The largest absolute Gasteiger partial charge is 0.439 e. The molecule has 7 heteroatoms. The van der Waals surface area contributed by atoms with Crippen molar-refractivity contribution in [2.75, 3.05) is 5.32 Å². The lowest BCUT2D eigenvalue weighted by atomic mass is 10.3. The summed E-state index contributed by atoms with van der Waals surface area (Å²) in [5.74, 6) is 1.09. The number of anilines is 1. The van der Waals surface area contributed by atoms with Gasteiger partial charge in [-0.15, -0.1) is 0 Å². The van der Waals surface area contributed by atoms with E-state index in [2.05, 4.69) is 20.7 Å². The maximum Gasteiger partial charge on any atom is 0.319 e. The van der Waals surface area contributed by atoms with E-state index in [1.54, 1.807) is 29.2 Å². The first-order chi connectivity index (χ1) is 11.7. The van der Waals surface area contributed by atoms with Crippen molar-refractivity contribution in [3.63, 3.8) is 0 Å². The van der Waals surface area contributed by atoms with Crippen LogP contribution in [0.2, 0.25) is 0 Å². The molecule has 2 aromatic heterocycles. The number of amides is 2. The quantitative estimate of drug-likeness (QED) is 0.756. The van der Waals surface area contributed by atoms with Crippen LogP contribution in [0, 0.1) is 0 Å². The summed E-state index contributed by atoms with van der Waals surface area (Å²) in [6.45, 7) is 0.390. The van der Waals surface area contributed by atoms with Gasteiger partial charge in [-0.05, 0) is 24.3 Å². The Hall–Kier alpha value is -3.35. The van der Waals surface area contributed by atoms with Crippen LogP contribution in [0.1, 0.15) is 5.69 Å². The van der Waals surface area contributed by atoms with Crippen LogP contribution in [0.3, 0.4) is 0 Å². The lowest BCUT2D eigenvalue weighted by Crippen LogP contribution is -2.29. The minimum atomic E-state index is -0.312. The van der Waals surface area contributed by atoms with Crippen LogP contribution in [0.4, 0.5) is 10.5 Å². The van der Waals surface area contributed by atoms with Gasteiger partial charge in [-0.3, -0.25) is 4.68 Å². The molecular formula is C17H17N5O2. The standard InChI is InChI=1S/C17H17N5O2/c1-22-14(8-10-20-22)12-19-17(23)21-13-7-9-18-16(11-13)24-15-5-3-2-4-6-15/h2-11H,12H2,1H3,(H2,18,19,21,23). The predicted octanol–water partition coefficient (Wildman–Crippen LogP) is 2.93. The van der Waals surface area contributed by atoms with Crippen molar-refractivity contribution in [2.45, 2.75) is 6.54 Å². The molecule has 24 heavy (non-hydrogen) atoms. The SMILES string of the molecule is Cn1nccc1CNC(=O)Nc1ccnc(Oc2ccccc2)c1. The molecule has 0 bridgehead atoms. The zero-order chi connectivity index (χ0) is 16.8. The van der Waals surface area contributed by atoms with Crippen LogP contribution in [-0.2, 0) is 13.6 Å². The Labute approximate surface area is 139 Å². The number of ether oxygens (including phenoxy) is 1. The highest BCUT2D eigenvalue weighted by Gasteiger charge is 2.06. The van der Waals surface area contributed by atoms with Crippen LogP contribution < -0.4 is 15.4 Å². The Morgan fingerprint density at radius 1 is 1.17 bits per heavy atom. The van der Waals surface area contributed by atoms with Crippen LogP contribution in [0.15, 0.2) is 60.9 Å². The highest BCUT2D eigenvalue weighted by molar-refractivity contribution is 5.89. The molecule has 0 radical (unpaired) electrons. The Morgan fingerprint density at radius 3 is 2.75 bits per heavy atom. The molecule has 7 nitrogen and oxygen atoms in total. The van der Waals surface area contributed by atoms with Crippen LogP contribution in [0.25, 0.3) is 0 Å². The van der Waals surface area contributed by atoms with Gasteiger partial charge < -0.3 is 15.4 Å². The first-order valence-corrected chi connectivity index (χ1v) is 7.41. The van der Waals surface area contributed by atoms with Crippen LogP contribution >= 0.6 is 0 Å². The summed E-state index contributed by atoms with van der Waals surface area (Å²) in [5.41, 5.74) is 1.51. The average Bonchev–Trinajstić information content (AvgIpc) is 2.99. The number of aromatic nitrogens is 3. The van der Waals surface area contributed by atoms with Gasteiger partial charge in [0.2, 0.25) is 5.88 Å². The van der Waals surface area contributed by atoms with Crippen molar-refractivity contribution in [2.24, 2.45) is 7.05 Å². The summed E-state index contributed by atoms with van der Waals surface area (Å²) >= 11 is 0. The number of nitrogens with one attached hydrogen (secondary N) is 2. The monoisotopic (exact) mass is 323 g/mol. The van der Waals surface area contributed by atoms with Crippen molar-refractivity contribution in [3.05, 3.63) is 66.6 Å².